The molecule has 0 bridgehead atoms. The fourth-order valence-electron chi connectivity index (χ4n) is 4.97. The van der Waals surface area contributed by atoms with E-state index >= 15 is 0 Å². The van der Waals surface area contributed by atoms with Gasteiger partial charge in [0.2, 0.25) is 5.62 Å². The molecule has 0 aliphatic rings. The first kappa shape index (κ1) is 25.9. The fourth-order valence-corrected chi connectivity index (χ4v) is 5.17. The van der Waals surface area contributed by atoms with Crippen LogP contribution in [0.1, 0.15) is 21.5 Å². The number of fused-ring (bicyclic) bond motifs is 1. The number of carbonyl (C=O) groups excluding carboxylic acids is 1. The molecule has 0 saturated carbocycles. The molecule has 0 atom stereocenters. The number of para-hydroxylation sites is 3. The number of benzene rings is 5. The van der Waals surface area contributed by atoms with Gasteiger partial charge in [0.25, 0.3) is 5.91 Å². The van der Waals surface area contributed by atoms with E-state index in [0.29, 0.717) is 34.0 Å². The topological polar surface area (TPSA) is 86.6 Å². The number of aromatic nitrogens is 2. The molecule has 6 aromatic rings. The van der Waals surface area contributed by atoms with E-state index in [4.69, 9.17) is 22.3 Å². The minimum absolute atomic E-state index is 0.251. The van der Waals surface area contributed by atoms with E-state index in [1.165, 1.54) is 0 Å². The Morgan fingerprint density at radius 1 is 0.805 bits per heavy atom. The highest BCUT2D eigenvalue weighted by atomic mass is 35.5. The number of halogens is 1. The van der Waals surface area contributed by atoms with Crippen LogP contribution in [0.2, 0.25) is 5.02 Å². The maximum Gasteiger partial charge on any atom is 0.255 e. The van der Waals surface area contributed by atoms with Crippen molar-refractivity contribution in [2.75, 3.05) is 5.32 Å². The van der Waals surface area contributed by atoms with Crippen molar-refractivity contribution in [1.82, 2.24) is 9.13 Å². The number of amides is 1. The van der Waals surface area contributed by atoms with Gasteiger partial charge in [-0.05, 0) is 71.8 Å². The second-order valence-electron chi connectivity index (χ2n) is 9.56. The van der Waals surface area contributed by atoms with Crippen molar-refractivity contribution in [2.24, 2.45) is 0 Å². The van der Waals surface area contributed by atoms with Gasteiger partial charge in [-0.1, -0.05) is 72.3 Å². The monoisotopic (exact) mass is 553 g/mol. The van der Waals surface area contributed by atoms with Gasteiger partial charge in [-0.2, -0.15) is 5.26 Å². The molecule has 1 aromatic heterocycles. The predicted molar refractivity (Wildman–Crippen MR) is 162 cm³/mol. The molecule has 0 radical (unpaired) electrons. The number of hydrogen-bond acceptors (Lipinski definition) is 3. The highest BCUT2D eigenvalue weighted by molar-refractivity contribution is 6.31. The van der Waals surface area contributed by atoms with Crippen molar-refractivity contribution < 1.29 is 4.79 Å². The lowest BCUT2D eigenvalue weighted by atomic mass is 10.0. The van der Waals surface area contributed by atoms with Gasteiger partial charge < -0.3 is 9.88 Å². The smallest absolute Gasteiger partial charge is 0.255 e. The van der Waals surface area contributed by atoms with Gasteiger partial charge >= 0.3 is 0 Å². The van der Waals surface area contributed by atoms with Crippen molar-refractivity contribution >= 4 is 34.2 Å². The number of hydrogen-bond donors (Lipinski definition) is 2. The minimum atomic E-state index is -0.251. The van der Waals surface area contributed by atoms with Crippen LogP contribution in [0.15, 0.2) is 121 Å². The van der Waals surface area contributed by atoms with E-state index in [0.717, 1.165) is 33.4 Å². The second-order valence-corrected chi connectivity index (χ2v) is 9.97. The number of rotatable bonds is 6. The Balaban J connectivity index is 1.33. The zero-order valence-electron chi connectivity index (χ0n) is 21.9. The molecule has 0 fully saturated rings. The van der Waals surface area contributed by atoms with Gasteiger partial charge in [-0.3, -0.25) is 14.8 Å². The Labute approximate surface area is 241 Å². The summed E-state index contributed by atoms with van der Waals surface area (Å²) in [5, 5.41) is 21.8. The third-order valence-corrected chi connectivity index (χ3v) is 7.42. The highest BCUT2D eigenvalue weighted by Gasteiger charge is 2.15. The minimum Gasteiger partial charge on any atom is -0.321 e. The molecular weight excluding hydrogens is 530 g/mol. The molecule has 1 heterocycles. The summed E-state index contributed by atoms with van der Waals surface area (Å²) >= 11 is 6.45. The molecule has 0 spiro atoms. The lowest BCUT2D eigenvalue weighted by Crippen LogP contribution is -2.24. The molecule has 41 heavy (non-hydrogen) atoms. The van der Waals surface area contributed by atoms with Gasteiger partial charge in [0.05, 0.1) is 29.2 Å². The second kappa shape index (κ2) is 11.0. The van der Waals surface area contributed by atoms with E-state index in [2.05, 4.69) is 11.4 Å². The number of nitriles is 1. The summed E-state index contributed by atoms with van der Waals surface area (Å²) in [6, 6.07) is 39.9. The zero-order valence-corrected chi connectivity index (χ0v) is 22.6. The average molecular weight is 554 g/mol. The maximum absolute atomic E-state index is 12.9. The largest absolute Gasteiger partial charge is 0.321 e. The number of imidazole rings is 1. The fraction of sp³-hybridized carbons (Fsp3) is 0.0294. The van der Waals surface area contributed by atoms with Gasteiger partial charge in [-0.15, -0.1) is 0 Å². The molecule has 0 aliphatic heterocycles. The van der Waals surface area contributed by atoms with E-state index in [-0.39, 0.29) is 5.91 Å². The molecule has 5 aromatic carbocycles. The zero-order chi connectivity index (χ0) is 28.3. The van der Waals surface area contributed by atoms with Crippen LogP contribution in [0, 0.1) is 16.7 Å². The van der Waals surface area contributed by atoms with E-state index < -0.39 is 0 Å². The summed E-state index contributed by atoms with van der Waals surface area (Å²) < 4.78 is 3.88. The summed E-state index contributed by atoms with van der Waals surface area (Å²) in [7, 11) is 0. The average Bonchev–Trinajstić information content (AvgIpc) is 3.29. The lowest BCUT2D eigenvalue weighted by molar-refractivity contribution is 0.102. The molecule has 0 aliphatic carbocycles. The van der Waals surface area contributed by atoms with Gasteiger partial charge in [0.15, 0.2) is 0 Å². The van der Waals surface area contributed by atoms with Crippen molar-refractivity contribution in [3.05, 3.63) is 149 Å². The van der Waals surface area contributed by atoms with E-state index in [9.17, 15) is 4.79 Å². The van der Waals surface area contributed by atoms with Gasteiger partial charge in [0.1, 0.15) is 0 Å². The Morgan fingerprint density at radius 2 is 1.46 bits per heavy atom. The predicted octanol–water partition coefficient (Wildman–Crippen LogP) is 7.40. The molecule has 7 heteroatoms. The Hall–Kier alpha value is -5.38. The normalized spacial score (nSPS) is 10.8. The third kappa shape index (κ3) is 5.03. The lowest BCUT2D eigenvalue weighted by Gasteiger charge is -2.12. The van der Waals surface area contributed by atoms with Crippen LogP contribution in [0.5, 0.6) is 0 Å². The summed E-state index contributed by atoms with van der Waals surface area (Å²) in [6.07, 6.45) is 0. The first-order valence-electron chi connectivity index (χ1n) is 13.0. The number of carbonyl (C=O) groups is 1. The van der Waals surface area contributed by atoms with Gasteiger partial charge in [-0.25, -0.2) is 0 Å². The van der Waals surface area contributed by atoms with Crippen molar-refractivity contribution in [3.63, 3.8) is 0 Å². The summed E-state index contributed by atoms with van der Waals surface area (Å²) in [5.41, 5.74) is 7.47. The van der Waals surface area contributed by atoms with Crippen LogP contribution in [0.4, 0.5) is 5.69 Å². The van der Waals surface area contributed by atoms with Crippen LogP contribution in [0.25, 0.3) is 27.8 Å². The third-order valence-electron chi connectivity index (χ3n) is 7.06. The highest BCUT2D eigenvalue weighted by Crippen LogP contribution is 2.30. The standard InChI is InChI=1S/C34H24ClN5O/c35-29-9-3-1-7-26(29)22-39-31-11-5-6-12-32(31)40(34(39)37)27-19-17-24(18-20-27)28-8-2-4-10-30(28)38-33(41)25-15-13-23(21-36)14-16-25/h1-20,37H,22H2,(H,38,41). The molecule has 1 amide bonds. The summed E-state index contributed by atoms with van der Waals surface area (Å²) in [6.45, 7) is 0.483. The molecule has 6 nitrogen and oxygen atoms in total. The summed E-state index contributed by atoms with van der Waals surface area (Å²) in [5.74, 6) is -0.251. The number of nitrogens with zero attached hydrogens (tertiary/aromatic N) is 3. The van der Waals surface area contributed by atoms with Crippen molar-refractivity contribution in [3.8, 4) is 22.9 Å². The van der Waals surface area contributed by atoms with Crippen molar-refractivity contribution in [2.45, 2.75) is 6.54 Å². The Kier molecular flexibility index (Phi) is 6.95. The molecule has 2 N–H and O–H groups in total. The summed E-state index contributed by atoms with van der Waals surface area (Å²) in [4.78, 5) is 12.9. The molecule has 198 valence electrons. The molecular formula is C34H24ClN5O. The van der Waals surface area contributed by atoms with Crippen LogP contribution >= 0.6 is 11.6 Å². The first-order valence-corrected chi connectivity index (χ1v) is 13.4. The molecule has 0 saturated heterocycles. The SMILES string of the molecule is N#Cc1ccc(C(=O)Nc2ccccc2-c2ccc(-n3c(=N)n(Cc4ccccc4Cl)c4ccccc43)cc2)cc1. The van der Waals surface area contributed by atoms with Crippen LogP contribution < -0.4 is 10.9 Å². The van der Waals surface area contributed by atoms with E-state index in [1.54, 1.807) is 24.3 Å². The molecule has 6 rings (SSSR count). The number of anilines is 1. The Morgan fingerprint density at radius 3 is 2.20 bits per heavy atom. The van der Waals surface area contributed by atoms with Crippen LogP contribution in [-0.4, -0.2) is 15.0 Å². The quantitative estimate of drug-likeness (QED) is 0.225. The number of nitrogens with one attached hydrogen (secondary N) is 2. The maximum atomic E-state index is 12.9. The Bertz CT molecular complexity index is 2000. The van der Waals surface area contributed by atoms with Crippen LogP contribution in [0.3, 0.4) is 0 Å². The van der Waals surface area contributed by atoms with E-state index in [1.807, 2.05) is 106 Å². The molecule has 0 unspecified atom stereocenters. The van der Waals surface area contributed by atoms with Crippen LogP contribution in [-0.2, 0) is 6.54 Å². The first-order chi connectivity index (χ1) is 20.0. The van der Waals surface area contributed by atoms with Crippen molar-refractivity contribution in [1.29, 1.82) is 10.7 Å². The van der Waals surface area contributed by atoms with Gasteiger partial charge in [0, 0.05) is 27.5 Å².